The van der Waals surface area contributed by atoms with Crippen LogP contribution in [0.5, 0.6) is 0 Å². The van der Waals surface area contributed by atoms with Gasteiger partial charge in [0.1, 0.15) is 6.61 Å². The van der Waals surface area contributed by atoms with Crippen molar-refractivity contribution in [3.8, 4) is 0 Å². The molecule has 0 aliphatic heterocycles. The molecule has 0 unspecified atom stereocenters. The second kappa shape index (κ2) is 9.15. The van der Waals surface area contributed by atoms with Crippen molar-refractivity contribution >= 4 is 11.9 Å². The number of aliphatic carboxylic acids is 1. The predicted molar refractivity (Wildman–Crippen MR) is 60.2 cm³/mol. The molecule has 0 heterocycles. The Labute approximate surface area is 96.4 Å². The molecule has 0 spiro atoms. The van der Waals surface area contributed by atoms with Crippen molar-refractivity contribution in [2.45, 2.75) is 33.1 Å². The van der Waals surface area contributed by atoms with Gasteiger partial charge in [-0.1, -0.05) is 13.3 Å². The van der Waals surface area contributed by atoms with Gasteiger partial charge in [-0.3, -0.25) is 9.59 Å². The number of amides is 1. The van der Waals surface area contributed by atoms with E-state index in [0.29, 0.717) is 13.2 Å². The third-order valence-corrected chi connectivity index (χ3v) is 2.20. The largest absolute Gasteiger partial charge is 0.481 e. The van der Waals surface area contributed by atoms with E-state index in [1.165, 1.54) is 4.90 Å². The SMILES string of the molecule is CCCCOCC(=O)N(CC)CCC(=O)O. The van der Waals surface area contributed by atoms with Crippen LogP contribution >= 0.6 is 0 Å². The smallest absolute Gasteiger partial charge is 0.305 e. The fourth-order valence-electron chi connectivity index (χ4n) is 1.19. The zero-order valence-electron chi connectivity index (χ0n) is 10.1. The summed E-state index contributed by atoms with van der Waals surface area (Å²) in [5, 5.41) is 8.52. The molecule has 0 aromatic heterocycles. The van der Waals surface area contributed by atoms with Crippen molar-refractivity contribution in [1.82, 2.24) is 4.90 Å². The van der Waals surface area contributed by atoms with Gasteiger partial charge >= 0.3 is 5.97 Å². The first-order chi connectivity index (χ1) is 7.61. The van der Waals surface area contributed by atoms with Gasteiger partial charge in [0, 0.05) is 19.7 Å². The minimum absolute atomic E-state index is 0.0193. The van der Waals surface area contributed by atoms with Crippen molar-refractivity contribution in [3.63, 3.8) is 0 Å². The number of unbranched alkanes of at least 4 members (excludes halogenated alkanes) is 1. The summed E-state index contributed by atoms with van der Waals surface area (Å²) in [5.74, 6) is -1.03. The van der Waals surface area contributed by atoms with Gasteiger partial charge in [0.15, 0.2) is 0 Å². The van der Waals surface area contributed by atoms with Crippen LogP contribution < -0.4 is 0 Å². The molecule has 0 radical (unpaired) electrons. The number of carbonyl (C=O) groups is 2. The van der Waals surface area contributed by atoms with Crippen LogP contribution in [0, 0.1) is 0 Å². The van der Waals surface area contributed by atoms with Gasteiger partial charge in [0.05, 0.1) is 6.42 Å². The molecule has 1 amide bonds. The second-order valence-electron chi connectivity index (χ2n) is 3.52. The summed E-state index contributed by atoms with van der Waals surface area (Å²) in [7, 11) is 0. The summed E-state index contributed by atoms with van der Waals surface area (Å²) in [6.07, 6.45) is 1.95. The quantitative estimate of drug-likeness (QED) is 0.604. The molecular formula is C11H21NO4. The highest BCUT2D eigenvalue weighted by molar-refractivity contribution is 5.78. The lowest BCUT2D eigenvalue weighted by Crippen LogP contribution is -2.35. The first kappa shape index (κ1) is 14.9. The normalized spacial score (nSPS) is 10.1. The predicted octanol–water partition coefficient (Wildman–Crippen LogP) is 1.13. The number of nitrogens with zero attached hydrogens (tertiary/aromatic N) is 1. The van der Waals surface area contributed by atoms with Crippen molar-refractivity contribution < 1.29 is 19.4 Å². The summed E-state index contributed by atoms with van der Waals surface area (Å²) in [6, 6.07) is 0. The van der Waals surface area contributed by atoms with Crippen molar-refractivity contribution in [3.05, 3.63) is 0 Å². The first-order valence-corrected chi connectivity index (χ1v) is 5.69. The average Bonchev–Trinajstić information content (AvgIpc) is 2.25. The maximum atomic E-state index is 11.6. The standard InChI is InChI=1S/C11H21NO4/c1-3-5-8-16-9-10(13)12(4-2)7-6-11(14)15/h3-9H2,1-2H3,(H,14,15). The van der Waals surface area contributed by atoms with E-state index in [9.17, 15) is 9.59 Å². The lowest BCUT2D eigenvalue weighted by molar-refractivity contribution is -0.139. The number of carboxylic acids is 1. The van der Waals surface area contributed by atoms with Gasteiger partial charge in [-0.25, -0.2) is 0 Å². The Morgan fingerprint density at radius 2 is 2.00 bits per heavy atom. The fraction of sp³-hybridized carbons (Fsp3) is 0.818. The molecule has 0 aromatic rings. The molecule has 5 nitrogen and oxygen atoms in total. The van der Waals surface area contributed by atoms with E-state index in [1.54, 1.807) is 0 Å². The van der Waals surface area contributed by atoms with Crippen LogP contribution in [0.3, 0.4) is 0 Å². The van der Waals surface area contributed by atoms with Crippen LogP contribution in [-0.4, -0.2) is 48.2 Å². The van der Waals surface area contributed by atoms with E-state index in [2.05, 4.69) is 6.92 Å². The van der Waals surface area contributed by atoms with Crippen LogP contribution in [0.2, 0.25) is 0 Å². The molecule has 0 aromatic carbocycles. The van der Waals surface area contributed by atoms with Gasteiger partial charge in [-0.2, -0.15) is 0 Å². The van der Waals surface area contributed by atoms with Crippen LogP contribution in [0.25, 0.3) is 0 Å². The van der Waals surface area contributed by atoms with E-state index in [1.807, 2.05) is 6.92 Å². The fourth-order valence-corrected chi connectivity index (χ4v) is 1.19. The summed E-state index contributed by atoms with van der Waals surface area (Å²) >= 11 is 0. The maximum Gasteiger partial charge on any atom is 0.305 e. The third-order valence-electron chi connectivity index (χ3n) is 2.20. The summed E-state index contributed by atoms with van der Waals surface area (Å²) in [6.45, 7) is 5.28. The number of likely N-dealkylation sites (N-methyl/N-ethyl adjacent to an activating group) is 1. The summed E-state index contributed by atoms with van der Waals surface area (Å²) < 4.78 is 5.19. The van der Waals surface area contributed by atoms with Crippen molar-refractivity contribution in [2.75, 3.05) is 26.3 Å². The van der Waals surface area contributed by atoms with E-state index < -0.39 is 5.97 Å². The first-order valence-electron chi connectivity index (χ1n) is 5.69. The van der Waals surface area contributed by atoms with Crippen LogP contribution in [0.1, 0.15) is 33.1 Å². The Morgan fingerprint density at radius 1 is 1.31 bits per heavy atom. The molecule has 0 saturated carbocycles. The van der Waals surface area contributed by atoms with Crippen molar-refractivity contribution in [1.29, 1.82) is 0 Å². The average molecular weight is 231 g/mol. The Morgan fingerprint density at radius 3 is 2.50 bits per heavy atom. The van der Waals surface area contributed by atoms with Gasteiger partial charge in [0.25, 0.3) is 0 Å². The number of hydrogen-bond acceptors (Lipinski definition) is 3. The van der Waals surface area contributed by atoms with E-state index >= 15 is 0 Å². The highest BCUT2D eigenvalue weighted by Crippen LogP contribution is 1.95. The lowest BCUT2D eigenvalue weighted by Gasteiger charge is -2.19. The minimum atomic E-state index is -0.891. The Kier molecular flexibility index (Phi) is 8.52. The molecule has 0 rings (SSSR count). The monoisotopic (exact) mass is 231 g/mol. The summed E-state index contributed by atoms with van der Waals surface area (Å²) in [4.78, 5) is 23.4. The number of rotatable bonds is 9. The van der Waals surface area contributed by atoms with E-state index in [4.69, 9.17) is 9.84 Å². The minimum Gasteiger partial charge on any atom is -0.481 e. The van der Waals surface area contributed by atoms with Crippen LogP contribution in [-0.2, 0) is 14.3 Å². The van der Waals surface area contributed by atoms with Gasteiger partial charge < -0.3 is 14.7 Å². The van der Waals surface area contributed by atoms with E-state index in [0.717, 1.165) is 12.8 Å². The second-order valence-corrected chi connectivity index (χ2v) is 3.52. The van der Waals surface area contributed by atoms with Gasteiger partial charge in [-0.05, 0) is 13.3 Å². The Bertz CT molecular complexity index is 218. The number of ether oxygens (including phenoxy) is 1. The van der Waals surface area contributed by atoms with Gasteiger partial charge in [0.2, 0.25) is 5.91 Å². The molecule has 0 atom stereocenters. The number of carboxylic acid groups (broad SMARTS) is 1. The molecule has 0 bridgehead atoms. The highest BCUT2D eigenvalue weighted by Gasteiger charge is 2.12. The summed E-state index contributed by atoms with van der Waals surface area (Å²) in [5.41, 5.74) is 0. The van der Waals surface area contributed by atoms with Crippen LogP contribution in [0.4, 0.5) is 0 Å². The maximum absolute atomic E-state index is 11.6. The molecule has 5 heteroatoms. The molecular weight excluding hydrogens is 210 g/mol. The molecule has 94 valence electrons. The molecule has 16 heavy (non-hydrogen) atoms. The molecule has 1 N–H and O–H groups in total. The van der Waals surface area contributed by atoms with Crippen LogP contribution in [0.15, 0.2) is 0 Å². The Balaban J connectivity index is 3.77. The zero-order valence-corrected chi connectivity index (χ0v) is 10.1. The Hall–Kier alpha value is -1.10. The molecule has 0 saturated heterocycles. The molecule has 0 aliphatic rings. The molecule has 0 fully saturated rings. The zero-order chi connectivity index (χ0) is 12.4. The molecule has 0 aliphatic carbocycles. The number of carbonyl (C=O) groups excluding carboxylic acids is 1. The van der Waals surface area contributed by atoms with Crippen molar-refractivity contribution in [2.24, 2.45) is 0 Å². The van der Waals surface area contributed by atoms with Gasteiger partial charge in [-0.15, -0.1) is 0 Å². The third kappa shape index (κ3) is 7.23. The highest BCUT2D eigenvalue weighted by atomic mass is 16.5. The number of hydrogen-bond donors (Lipinski definition) is 1. The lowest BCUT2D eigenvalue weighted by atomic mass is 10.3. The van der Waals surface area contributed by atoms with E-state index in [-0.39, 0.29) is 25.5 Å². The topological polar surface area (TPSA) is 66.8 Å².